The Labute approximate surface area is 71.7 Å². The van der Waals surface area contributed by atoms with Gasteiger partial charge in [0.2, 0.25) is 5.91 Å². The summed E-state index contributed by atoms with van der Waals surface area (Å²) < 4.78 is 5.09. The van der Waals surface area contributed by atoms with E-state index in [0.29, 0.717) is 6.54 Å². The second-order valence-electron chi connectivity index (χ2n) is 2.82. The average Bonchev–Trinajstić information content (AvgIpc) is 2.52. The Hall–Kier alpha value is -1.08. The molecule has 1 aliphatic rings. The van der Waals surface area contributed by atoms with Crippen molar-refractivity contribution in [2.45, 2.75) is 18.9 Å². The Morgan fingerprint density at radius 2 is 2.58 bits per heavy atom. The number of rotatable bonds is 2. The first kappa shape index (κ1) is 9.01. The van der Waals surface area contributed by atoms with Gasteiger partial charge >= 0.3 is 0 Å². The maximum Gasteiger partial charge on any atom is 0.236 e. The van der Waals surface area contributed by atoms with E-state index >= 15 is 0 Å². The number of carbonyl (C=O) groups is 1. The zero-order valence-electron chi connectivity index (χ0n) is 7.12. The second-order valence-corrected chi connectivity index (χ2v) is 2.82. The van der Waals surface area contributed by atoms with Gasteiger partial charge in [0.25, 0.3) is 0 Å². The molecule has 1 aliphatic heterocycles. The largest absolute Gasteiger partial charge is 0.380 e. The summed E-state index contributed by atoms with van der Waals surface area (Å²) in [6.45, 7) is 1.36. The predicted octanol–water partition coefficient (Wildman–Crippen LogP) is 0.147. The predicted molar refractivity (Wildman–Crippen MR) is 42.2 cm³/mol. The van der Waals surface area contributed by atoms with Crippen LogP contribution in [0, 0.1) is 11.3 Å². The fourth-order valence-corrected chi connectivity index (χ4v) is 1.33. The molecule has 0 N–H and O–H groups in total. The molecular weight excluding hydrogens is 156 g/mol. The van der Waals surface area contributed by atoms with Crippen LogP contribution in [0.5, 0.6) is 0 Å². The molecule has 4 heteroatoms. The maximum atomic E-state index is 11.2. The third-order valence-electron chi connectivity index (χ3n) is 2.06. The minimum absolute atomic E-state index is 0.0174. The highest BCUT2D eigenvalue weighted by Gasteiger charge is 2.25. The Kier molecular flexibility index (Phi) is 3.06. The topological polar surface area (TPSA) is 53.3 Å². The number of likely N-dealkylation sites (tertiary alicyclic amines) is 1. The van der Waals surface area contributed by atoms with Gasteiger partial charge in [-0.25, -0.2) is 0 Å². The van der Waals surface area contributed by atoms with Crippen LogP contribution in [0.2, 0.25) is 0 Å². The minimum atomic E-state index is -0.0861. The van der Waals surface area contributed by atoms with Crippen LogP contribution < -0.4 is 0 Å². The molecule has 0 bridgehead atoms. The third kappa shape index (κ3) is 1.95. The molecule has 0 radical (unpaired) electrons. The fraction of sp³-hybridized carbons (Fsp3) is 0.750. The van der Waals surface area contributed by atoms with Gasteiger partial charge in [-0.05, 0) is 6.42 Å². The van der Waals surface area contributed by atoms with Gasteiger partial charge in [0.05, 0.1) is 12.2 Å². The van der Waals surface area contributed by atoms with E-state index in [-0.39, 0.29) is 18.4 Å². The molecule has 1 fully saturated rings. The van der Waals surface area contributed by atoms with Gasteiger partial charge in [0, 0.05) is 20.2 Å². The van der Waals surface area contributed by atoms with Gasteiger partial charge in [0.1, 0.15) is 6.42 Å². The third-order valence-corrected chi connectivity index (χ3v) is 2.06. The number of nitrogens with zero attached hydrogens (tertiary/aromatic N) is 2. The standard InChI is InChI=1S/C8H12N2O2/c1-12-7-3-5-10(6-7)8(11)2-4-9/h7H,2-3,5-6H2,1H3/t7-/m1/s1. The first-order valence-electron chi connectivity index (χ1n) is 3.95. The molecule has 0 aromatic carbocycles. The van der Waals surface area contributed by atoms with Crippen LogP contribution in [0.1, 0.15) is 12.8 Å². The van der Waals surface area contributed by atoms with Gasteiger partial charge in [-0.3, -0.25) is 4.79 Å². The zero-order chi connectivity index (χ0) is 8.97. The van der Waals surface area contributed by atoms with Crippen molar-refractivity contribution in [2.75, 3.05) is 20.2 Å². The summed E-state index contributed by atoms with van der Waals surface area (Å²) in [5.41, 5.74) is 0. The summed E-state index contributed by atoms with van der Waals surface area (Å²) >= 11 is 0. The highest BCUT2D eigenvalue weighted by Crippen LogP contribution is 2.12. The number of methoxy groups -OCH3 is 1. The number of hydrogen-bond acceptors (Lipinski definition) is 3. The monoisotopic (exact) mass is 168 g/mol. The van der Waals surface area contributed by atoms with Crippen molar-refractivity contribution in [3.63, 3.8) is 0 Å². The van der Waals surface area contributed by atoms with Crippen LogP contribution >= 0.6 is 0 Å². The molecular formula is C8H12N2O2. The van der Waals surface area contributed by atoms with Gasteiger partial charge in [-0.1, -0.05) is 0 Å². The lowest BCUT2D eigenvalue weighted by molar-refractivity contribution is -0.129. The molecule has 1 rings (SSSR count). The highest BCUT2D eigenvalue weighted by atomic mass is 16.5. The fourth-order valence-electron chi connectivity index (χ4n) is 1.33. The van der Waals surface area contributed by atoms with Gasteiger partial charge in [-0.15, -0.1) is 0 Å². The molecule has 0 unspecified atom stereocenters. The van der Waals surface area contributed by atoms with Crippen molar-refractivity contribution in [3.8, 4) is 6.07 Å². The minimum Gasteiger partial charge on any atom is -0.380 e. The Morgan fingerprint density at radius 1 is 1.83 bits per heavy atom. The summed E-state index contributed by atoms with van der Waals surface area (Å²) in [6.07, 6.45) is 1.03. The normalized spacial score (nSPS) is 22.3. The van der Waals surface area contributed by atoms with E-state index in [0.717, 1.165) is 13.0 Å². The molecule has 12 heavy (non-hydrogen) atoms. The highest BCUT2D eigenvalue weighted by molar-refractivity contribution is 5.78. The molecule has 66 valence electrons. The maximum absolute atomic E-state index is 11.2. The number of amides is 1. The van der Waals surface area contributed by atoms with Crippen molar-refractivity contribution in [2.24, 2.45) is 0 Å². The van der Waals surface area contributed by atoms with Crippen LogP contribution in [0.25, 0.3) is 0 Å². The van der Waals surface area contributed by atoms with E-state index in [4.69, 9.17) is 10.00 Å². The SMILES string of the molecule is CO[C@@H]1CCN(C(=O)CC#N)C1. The number of nitriles is 1. The van der Waals surface area contributed by atoms with Crippen LogP contribution in [-0.2, 0) is 9.53 Å². The van der Waals surface area contributed by atoms with Crippen LogP contribution in [0.15, 0.2) is 0 Å². The molecule has 1 saturated heterocycles. The molecule has 0 saturated carbocycles. The molecule has 0 spiro atoms. The zero-order valence-corrected chi connectivity index (χ0v) is 7.12. The molecule has 0 aliphatic carbocycles. The quantitative estimate of drug-likeness (QED) is 0.589. The Bertz CT molecular complexity index is 210. The van der Waals surface area contributed by atoms with Crippen molar-refractivity contribution in [3.05, 3.63) is 0 Å². The van der Waals surface area contributed by atoms with Gasteiger partial charge in [0.15, 0.2) is 0 Å². The lowest BCUT2D eigenvalue weighted by Crippen LogP contribution is -2.29. The van der Waals surface area contributed by atoms with Crippen molar-refractivity contribution in [1.82, 2.24) is 4.90 Å². The van der Waals surface area contributed by atoms with Gasteiger partial charge < -0.3 is 9.64 Å². The van der Waals surface area contributed by atoms with Gasteiger partial charge in [-0.2, -0.15) is 5.26 Å². The Balaban J connectivity index is 2.37. The average molecular weight is 168 g/mol. The summed E-state index contributed by atoms with van der Waals surface area (Å²) in [4.78, 5) is 12.8. The van der Waals surface area contributed by atoms with Crippen molar-refractivity contribution >= 4 is 5.91 Å². The van der Waals surface area contributed by atoms with E-state index in [1.807, 2.05) is 6.07 Å². The van der Waals surface area contributed by atoms with Crippen molar-refractivity contribution < 1.29 is 9.53 Å². The molecule has 1 atom stereocenters. The van der Waals surface area contributed by atoms with E-state index in [9.17, 15) is 4.79 Å². The first-order chi connectivity index (χ1) is 5.77. The van der Waals surface area contributed by atoms with E-state index < -0.39 is 0 Å². The van der Waals surface area contributed by atoms with Crippen LogP contribution in [0.3, 0.4) is 0 Å². The summed E-state index contributed by atoms with van der Waals surface area (Å²) in [5, 5.41) is 8.29. The second kappa shape index (κ2) is 4.07. The summed E-state index contributed by atoms with van der Waals surface area (Å²) in [6, 6.07) is 1.85. The Morgan fingerprint density at radius 3 is 3.08 bits per heavy atom. The first-order valence-corrected chi connectivity index (χ1v) is 3.95. The summed E-state index contributed by atoms with van der Waals surface area (Å²) in [7, 11) is 1.64. The summed E-state index contributed by atoms with van der Waals surface area (Å²) in [5.74, 6) is -0.0861. The van der Waals surface area contributed by atoms with E-state index in [1.165, 1.54) is 0 Å². The lowest BCUT2D eigenvalue weighted by Gasteiger charge is -2.13. The molecule has 1 amide bonds. The number of hydrogen-bond donors (Lipinski definition) is 0. The van der Waals surface area contributed by atoms with Crippen LogP contribution in [0.4, 0.5) is 0 Å². The van der Waals surface area contributed by atoms with E-state index in [2.05, 4.69) is 0 Å². The molecule has 0 aromatic rings. The number of carbonyl (C=O) groups excluding carboxylic acids is 1. The molecule has 4 nitrogen and oxygen atoms in total. The smallest absolute Gasteiger partial charge is 0.236 e. The molecule has 0 aromatic heterocycles. The number of ether oxygens (including phenoxy) is 1. The van der Waals surface area contributed by atoms with Crippen LogP contribution in [-0.4, -0.2) is 37.1 Å². The van der Waals surface area contributed by atoms with E-state index in [1.54, 1.807) is 12.0 Å². The molecule has 1 heterocycles. The van der Waals surface area contributed by atoms with Crippen molar-refractivity contribution in [1.29, 1.82) is 5.26 Å². The lowest BCUT2D eigenvalue weighted by atomic mass is 10.3.